The summed E-state index contributed by atoms with van der Waals surface area (Å²) in [5.74, 6) is -2.25. The molecule has 1 rings (SSSR count). The van der Waals surface area contributed by atoms with Crippen molar-refractivity contribution in [1.29, 1.82) is 0 Å². The molecule has 19 heavy (non-hydrogen) atoms. The lowest BCUT2D eigenvalue weighted by Gasteiger charge is -2.13. The van der Waals surface area contributed by atoms with Crippen molar-refractivity contribution in [3.05, 3.63) is 22.4 Å². The van der Waals surface area contributed by atoms with Gasteiger partial charge in [0, 0.05) is 0 Å². The van der Waals surface area contributed by atoms with Gasteiger partial charge >= 0.3 is 5.97 Å². The van der Waals surface area contributed by atoms with E-state index in [1.807, 2.05) is 4.72 Å². The van der Waals surface area contributed by atoms with Crippen LogP contribution in [-0.2, 0) is 14.8 Å². The van der Waals surface area contributed by atoms with Crippen LogP contribution >= 0.6 is 15.9 Å². The number of carbonyl (C=O) groups is 1. The summed E-state index contributed by atoms with van der Waals surface area (Å²) < 4.78 is 44.1. The summed E-state index contributed by atoms with van der Waals surface area (Å²) in [6.07, 6.45) is 0. The highest BCUT2D eigenvalue weighted by Crippen LogP contribution is 2.29. The number of nitrogens with one attached hydrogen (secondary N) is 1. The number of aliphatic carboxylic acids is 1. The van der Waals surface area contributed by atoms with E-state index >= 15 is 0 Å². The fourth-order valence-corrected chi connectivity index (χ4v) is 2.91. The van der Waals surface area contributed by atoms with Crippen molar-refractivity contribution in [2.24, 2.45) is 0 Å². The molecule has 0 aliphatic rings. The average molecular weight is 356 g/mol. The summed E-state index contributed by atoms with van der Waals surface area (Å²) in [6.45, 7) is 1.15. The third-order valence-electron chi connectivity index (χ3n) is 2.20. The molecule has 6 nitrogen and oxygen atoms in total. The molecule has 0 bridgehead atoms. The Morgan fingerprint density at radius 3 is 2.58 bits per heavy atom. The van der Waals surface area contributed by atoms with Crippen molar-refractivity contribution in [2.45, 2.75) is 17.9 Å². The first-order valence-electron chi connectivity index (χ1n) is 4.97. The van der Waals surface area contributed by atoms with Crippen LogP contribution in [0.4, 0.5) is 4.39 Å². The highest BCUT2D eigenvalue weighted by atomic mass is 79.9. The Kier molecular flexibility index (Phi) is 4.88. The first-order chi connectivity index (χ1) is 8.69. The zero-order chi connectivity index (χ0) is 14.8. The minimum Gasteiger partial charge on any atom is -0.495 e. The number of carboxylic acids is 1. The van der Waals surface area contributed by atoms with Crippen LogP contribution in [0.5, 0.6) is 5.75 Å². The number of halogens is 2. The predicted octanol–water partition coefficient (Wildman–Crippen LogP) is 1.35. The highest BCUT2D eigenvalue weighted by molar-refractivity contribution is 9.10. The lowest BCUT2D eigenvalue weighted by molar-refractivity contribution is -0.138. The number of sulfonamides is 1. The van der Waals surface area contributed by atoms with Gasteiger partial charge in [0.05, 0.1) is 11.6 Å². The second-order valence-corrected chi connectivity index (χ2v) is 6.14. The van der Waals surface area contributed by atoms with Crippen LogP contribution in [0.25, 0.3) is 0 Å². The second-order valence-electron chi connectivity index (χ2n) is 3.60. The maximum Gasteiger partial charge on any atom is 0.321 e. The van der Waals surface area contributed by atoms with Crippen LogP contribution in [0.15, 0.2) is 21.5 Å². The normalized spacial score (nSPS) is 13.1. The molecule has 0 aromatic heterocycles. The van der Waals surface area contributed by atoms with Gasteiger partial charge in [-0.25, -0.2) is 12.8 Å². The molecule has 1 atom stereocenters. The average Bonchev–Trinajstić information content (AvgIpc) is 2.31. The van der Waals surface area contributed by atoms with Crippen molar-refractivity contribution in [2.75, 3.05) is 7.11 Å². The summed E-state index contributed by atoms with van der Waals surface area (Å²) in [4.78, 5) is 10.2. The Morgan fingerprint density at radius 2 is 2.11 bits per heavy atom. The van der Waals surface area contributed by atoms with Gasteiger partial charge in [-0.3, -0.25) is 4.79 Å². The van der Waals surface area contributed by atoms with Crippen molar-refractivity contribution < 1.29 is 27.4 Å². The first-order valence-corrected chi connectivity index (χ1v) is 7.25. The molecule has 0 radical (unpaired) electrons. The van der Waals surface area contributed by atoms with Crippen LogP contribution in [0.2, 0.25) is 0 Å². The van der Waals surface area contributed by atoms with Crippen molar-refractivity contribution >= 4 is 31.9 Å². The van der Waals surface area contributed by atoms with E-state index in [0.29, 0.717) is 0 Å². The van der Waals surface area contributed by atoms with Gasteiger partial charge in [-0.15, -0.1) is 0 Å². The number of ether oxygens (including phenoxy) is 1. The Labute approximate surface area is 117 Å². The van der Waals surface area contributed by atoms with Gasteiger partial charge in [0.1, 0.15) is 22.5 Å². The van der Waals surface area contributed by atoms with E-state index in [-0.39, 0.29) is 10.2 Å². The van der Waals surface area contributed by atoms with Crippen molar-refractivity contribution in [1.82, 2.24) is 4.72 Å². The molecule has 2 N–H and O–H groups in total. The number of hydrogen-bond acceptors (Lipinski definition) is 4. The second kappa shape index (κ2) is 5.85. The van der Waals surface area contributed by atoms with E-state index in [9.17, 15) is 17.6 Å². The third kappa shape index (κ3) is 3.64. The lowest BCUT2D eigenvalue weighted by atomic mass is 10.3. The third-order valence-corrected chi connectivity index (χ3v) is 4.37. The lowest BCUT2D eigenvalue weighted by Crippen LogP contribution is -2.38. The van der Waals surface area contributed by atoms with Crippen LogP contribution in [0.1, 0.15) is 6.92 Å². The molecule has 1 aromatic carbocycles. The molecule has 0 spiro atoms. The van der Waals surface area contributed by atoms with Crippen LogP contribution in [-0.4, -0.2) is 32.6 Å². The van der Waals surface area contributed by atoms with Gasteiger partial charge in [0.15, 0.2) is 0 Å². The van der Waals surface area contributed by atoms with E-state index in [4.69, 9.17) is 9.84 Å². The summed E-state index contributed by atoms with van der Waals surface area (Å²) >= 11 is 2.90. The van der Waals surface area contributed by atoms with Gasteiger partial charge < -0.3 is 9.84 Å². The van der Waals surface area contributed by atoms with Crippen molar-refractivity contribution in [3.8, 4) is 5.75 Å². The molecule has 9 heteroatoms. The largest absolute Gasteiger partial charge is 0.495 e. The fraction of sp³-hybridized carbons (Fsp3) is 0.300. The summed E-state index contributed by atoms with van der Waals surface area (Å²) in [7, 11) is -2.98. The predicted molar refractivity (Wildman–Crippen MR) is 68.1 cm³/mol. The van der Waals surface area contributed by atoms with E-state index in [1.165, 1.54) is 7.11 Å². The smallest absolute Gasteiger partial charge is 0.321 e. The molecule has 1 aromatic rings. The zero-order valence-electron chi connectivity index (χ0n) is 9.98. The van der Waals surface area contributed by atoms with E-state index in [1.54, 1.807) is 0 Å². The quantitative estimate of drug-likeness (QED) is 0.831. The Morgan fingerprint density at radius 1 is 1.53 bits per heavy atom. The molecule has 0 amide bonds. The molecule has 0 saturated carbocycles. The number of benzene rings is 1. The number of hydrogen-bond donors (Lipinski definition) is 2. The summed E-state index contributed by atoms with van der Waals surface area (Å²) in [6, 6.07) is 0.552. The van der Waals surface area contributed by atoms with Gasteiger partial charge in [-0.1, -0.05) is 0 Å². The minimum atomic E-state index is -4.20. The molecule has 0 aliphatic heterocycles. The maximum atomic E-state index is 13.4. The van der Waals surface area contributed by atoms with Crippen molar-refractivity contribution in [3.63, 3.8) is 0 Å². The zero-order valence-corrected chi connectivity index (χ0v) is 12.4. The molecule has 106 valence electrons. The van der Waals surface area contributed by atoms with Crippen LogP contribution in [0, 0.1) is 5.82 Å². The Bertz CT molecular complexity index is 604. The topological polar surface area (TPSA) is 92.7 Å². The molecule has 0 unspecified atom stereocenters. The maximum absolute atomic E-state index is 13.4. The van der Waals surface area contributed by atoms with E-state index < -0.39 is 32.7 Å². The highest BCUT2D eigenvalue weighted by Gasteiger charge is 2.26. The monoisotopic (exact) mass is 355 g/mol. The molecule has 0 aliphatic carbocycles. The Hall–Kier alpha value is -1.19. The molecule has 0 heterocycles. The molecule has 0 fully saturated rings. The van der Waals surface area contributed by atoms with E-state index in [0.717, 1.165) is 19.1 Å². The van der Waals surface area contributed by atoms with Crippen LogP contribution < -0.4 is 9.46 Å². The number of methoxy groups -OCH3 is 1. The van der Waals surface area contributed by atoms with E-state index in [2.05, 4.69) is 15.9 Å². The standard InChI is InChI=1S/C10H11BrFNO5S/c1-5(10(14)15)13-19(16,17)9-4-7(12)6(11)3-8(9)18-2/h3-5,13H,1-2H3,(H,14,15)/t5-/m1/s1. The van der Waals surface area contributed by atoms with Gasteiger partial charge in [-0.05, 0) is 35.0 Å². The number of carboxylic acid groups (broad SMARTS) is 1. The molecular weight excluding hydrogens is 345 g/mol. The van der Waals surface area contributed by atoms with Gasteiger partial charge in [0.2, 0.25) is 10.0 Å². The van der Waals surface area contributed by atoms with Crippen LogP contribution in [0.3, 0.4) is 0 Å². The summed E-state index contributed by atoms with van der Waals surface area (Å²) in [5.41, 5.74) is 0. The summed E-state index contributed by atoms with van der Waals surface area (Å²) in [5, 5.41) is 8.68. The minimum absolute atomic E-state index is 0.0367. The van der Waals surface area contributed by atoms with Gasteiger partial charge in [0.25, 0.3) is 0 Å². The SMILES string of the molecule is COc1cc(Br)c(F)cc1S(=O)(=O)N[C@H](C)C(=O)O. The number of rotatable bonds is 5. The van der Waals surface area contributed by atoms with Gasteiger partial charge in [-0.2, -0.15) is 4.72 Å². The molecule has 0 saturated heterocycles. The Balaban J connectivity index is 3.28. The fourth-order valence-electron chi connectivity index (χ4n) is 1.23. The molecular formula is C10H11BrFNO5S. The first kappa shape index (κ1) is 15.9.